The summed E-state index contributed by atoms with van der Waals surface area (Å²) in [4.78, 5) is 0. The fraction of sp³-hybridized carbons (Fsp3) is 0.0500. The fourth-order valence-electron chi connectivity index (χ4n) is 3.13. The molecule has 0 aliphatic heterocycles. The van der Waals surface area contributed by atoms with E-state index in [9.17, 15) is 0 Å². The number of hydrogen-bond acceptors (Lipinski definition) is 3. The van der Waals surface area contributed by atoms with Crippen molar-refractivity contribution in [3.05, 3.63) is 72.8 Å². The van der Waals surface area contributed by atoms with Crippen LogP contribution in [0, 0.1) is 0 Å². The molecule has 0 aliphatic rings. The molecule has 4 rings (SSSR count). The molecule has 0 fully saturated rings. The maximum Gasteiger partial charge on any atom is 0.111 e. The van der Waals surface area contributed by atoms with E-state index in [1.54, 1.807) is 0 Å². The van der Waals surface area contributed by atoms with Gasteiger partial charge in [0.15, 0.2) is 0 Å². The van der Waals surface area contributed by atoms with E-state index in [4.69, 9.17) is 5.73 Å². The standard InChI is InChI=1S/C20H16N2S/c1-2-7-17-19(22-23-20(17)21)18-15-10-5-3-8-13(15)12-14-9-4-6-11-16(14)18/h2-6,8-12H,1,7,21H2. The summed E-state index contributed by atoms with van der Waals surface area (Å²) in [5, 5.41) is 5.63. The minimum absolute atomic E-state index is 0.731. The van der Waals surface area contributed by atoms with Crippen molar-refractivity contribution in [3.8, 4) is 11.3 Å². The molecular weight excluding hydrogens is 300 g/mol. The Balaban J connectivity index is 2.18. The van der Waals surface area contributed by atoms with Gasteiger partial charge in [0, 0.05) is 11.1 Å². The van der Waals surface area contributed by atoms with Crippen molar-refractivity contribution in [2.45, 2.75) is 6.42 Å². The predicted octanol–water partition coefficient (Wildman–Crippen LogP) is 5.43. The highest BCUT2D eigenvalue weighted by Crippen LogP contribution is 2.40. The van der Waals surface area contributed by atoms with Gasteiger partial charge in [-0.1, -0.05) is 54.6 Å². The van der Waals surface area contributed by atoms with Crippen LogP contribution in [0.25, 0.3) is 32.8 Å². The van der Waals surface area contributed by atoms with Crippen LogP contribution < -0.4 is 5.73 Å². The summed E-state index contributed by atoms with van der Waals surface area (Å²) >= 11 is 1.36. The zero-order valence-corrected chi connectivity index (χ0v) is 13.4. The minimum atomic E-state index is 0.731. The zero-order valence-electron chi connectivity index (χ0n) is 12.6. The molecule has 0 aliphatic carbocycles. The van der Waals surface area contributed by atoms with Crippen molar-refractivity contribution in [3.63, 3.8) is 0 Å². The highest BCUT2D eigenvalue weighted by molar-refractivity contribution is 7.10. The summed E-state index contributed by atoms with van der Waals surface area (Å²) in [6, 6.07) is 19.1. The molecule has 0 saturated heterocycles. The van der Waals surface area contributed by atoms with Gasteiger partial charge in [-0.2, -0.15) is 4.37 Å². The van der Waals surface area contributed by atoms with Gasteiger partial charge in [-0.15, -0.1) is 6.58 Å². The number of nitrogens with zero attached hydrogens (tertiary/aromatic N) is 1. The summed E-state index contributed by atoms with van der Waals surface area (Å²) in [7, 11) is 0. The second kappa shape index (κ2) is 5.52. The van der Waals surface area contributed by atoms with E-state index in [0.717, 1.165) is 22.7 Å². The molecule has 112 valence electrons. The first-order valence-corrected chi connectivity index (χ1v) is 8.32. The van der Waals surface area contributed by atoms with Crippen molar-refractivity contribution < 1.29 is 0 Å². The lowest BCUT2D eigenvalue weighted by Gasteiger charge is -2.11. The number of benzene rings is 3. The third-order valence-electron chi connectivity index (χ3n) is 4.18. The molecule has 0 bridgehead atoms. The molecule has 2 nitrogen and oxygen atoms in total. The monoisotopic (exact) mass is 316 g/mol. The molecule has 0 radical (unpaired) electrons. The number of rotatable bonds is 3. The van der Waals surface area contributed by atoms with Crippen molar-refractivity contribution in [1.29, 1.82) is 0 Å². The Kier molecular flexibility index (Phi) is 3.36. The molecule has 0 saturated carbocycles. The van der Waals surface area contributed by atoms with Crippen LogP contribution in [0.15, 0.2) is 67.3 Å². The molecule has 0 atom stereocenters. The van der Waals surface area contributed by atoms with Gasteiger partial charge in [0.05, 0.1) is 5.69 Å². The van der Waals surface area contributed by atoms with E-state index in [-0.39, 0.29) is 0 Å². The van der Waals surface area contributed by atoms with E-state index in [1.807, 2.05) is 6.08 Å². The average molecular weight is 316 g/mol. The lowest BCUT2D eigenvalue weighted by Crippen LogP contribution is -1.92. The Morgan fingerprint density at radius 1 is 1.00 bits per heavy atom. The molecular formula is C20H16N2S. The Hall–Kier alpha value is -2.65. The van der Waals surface area contributed by atoms with Crippen LogP contribution in [0.5, 0.6) is 0 Å². The summed E-state index contributed by atoms with van der Waals surface area (Å²) in [5.74, 6) is 0. The molecule has 2 N–H and O–H groups in total. The van der Waals surface area contributed by atoms with Crippen LogP contribution in [0.2, 0.25) is 0 Å². The summed E-state index contributed by atoms with van der Waals surface area (Å²) < 4.78 is 4.67. The van der Waals surface area contributed by atoms with Crippen LogP contribution in [0.1, 0.15) is 5.56 Å². The molecule has 3 heteroatoms. The Bertz CT molecular complexity index is 976. The van der Waals surface area contributed by atoms with Crippen LogP contribution >= 0.6 is 11.5 Å². The third kappa shape index (κ3) is 2.21. The van der Waals surface area contributed by atoms with E-state index in [2.05, 4.69) is 65.5 Å². The molecule has 0 spiro atoms. The Labute approximate surface area is 139 Å². The molecule has 1 aromatic heterocycles. The number of allylic oxidation sites excluding steroid dienone is 1. The van der Waals surface area contributed by atoms with Gasteiger partial charge in [-0.05, 0) is 45.6 Å². The van der Waals surface area contributed by atoms with Crippen molar-refractivity contribution in [2.75, 3.05) is 5.73 Å². The topological polar surface area (TPSA) is 38.9 Å². The van der Waals surface area contributed by atoms with Gasteiger partial charge in [-0.3, -0.25) is 0 Å². The number of aromatic nitrogens is 1. The van der Waals surface area contributed by atoms with Gasteiger partial charge in [0.2, 0.25) is 0 Å². The molecule has 0 unspecified atom stereocenters. The maximum absolute atomic E-state index is 6.16. The Morgan fingerprint density at radius 3 is 2.22 bits per heavy atom. The van der Waals surface area contributed by atoms with Crippen LogP contribution in [0.3, 0.4) is 0 Å². The number of nitrogens with two attached hydrogens (primary N) is 1. The van der Waals surface area contributed by atoms with Gasteiger partial charge < -0.3 is 5.73 Å². The van der Waals surface area contributed by atoms with E-state index in [0.29, 0.717) is 0 Å². The van der Waals surface area contributed by atoms with E-state index < -0.39 is 0 Å². The zero-order chi connectivity index (χ0) is 15.8. The van der Waals surface area contributed by atoms with Gasteiger partial charge >= 0.3 is 0 Å². The van der Waals surface area contributed by atoms with Crippen molar-refractivity contribution in [2.24, 2.45) is 0 Å². The van der Waals surface area contributed by atoms with Crippen molar-refractivity contribution in [1.82, 2.24) is 4.37 Å². The molecule has 0 amide bonds. The molecule has 3 aromatic carbocycles. The highest BCUT2D eigenvalue weighted by Gasteiger charge is 2.17. The van der Waals surface area contributed by atoms with Crippen molar-refractivity contribution >= 4 is 38.1 Å². The lowest BCUT2D eigenvalue weighted by atomic mass is 9.93. The lowest BCUT2D eigenvalue weighted by molar-refractivity contribution is 1.29. The summed E-state index contributed by atoms with van der Waals surface area (Å²) in [6.45, 7) is 3.86. The highest BCUT2D eigenvalue weighted by atomic mass is 32.1. The first kappa shape index (κ1) is 14.0. The number of anilines is 1. The first-order chi connectivity index (χ1) is 11.3. The second-order valence-electron chi connectivity index (χ2n) is 5.56. The molecule has 23 heavy (non-hydrogen) atoms. The summed E-state index contributed by atoms with van der Waals surface area (Å²) in [6.07, 6.45) is 2.62. The van der Waals surface area contributed by atoms with Crippen LogP contribution in [-0.2, 0) is 6.42 Å². The normalized spacial score (nSPS) is 11.1. The fourth-order valence-corrected chi connectivity index (χ4v) is 3.81. The second-order valence-corrected chi connectivity index (χ2v) is 6.37. The SMILES string of the molecule is C=CCc1c(-c2c3ccccc3cc3ccccc23)nsc1N. The number of fused-ring (bicyclic) bond motifs is 2. The van der Waals surface area contributed by atoms with Gasteiger partial charge in [0.1, 0.15) is 5.00 Å². The number of nitrogen functional groups attached to an aromatic ring is 1. The molecule has 1 heterocycles. The van der Waals surface area contributed by atoms with Crippen LogP contribution in [-0.4, -0.2) is 4.37 Å². The largest absolute Gasteiger partial charge is 0.389 e. The average Bonchev–Trinajstić information content (AvgIpc) is 2.94. The quantitative estimate of drug-likeness (QED) is 0.404. The van der Waals surface area contributed by atoms with Gasteiger partial charge in [0.25, 0.3) is 0 Å². The smallest absolute Gasteiger partial charge is 0.111 e. The van der Waals surface area contributed by atoms with Gasteiger partial charge in [-0.25, -0.2) is 0 Å². The van der Waals surface area contributed by atoms with Crippen LogP contribution in [0.4, 0.5) is 5.00 Å². The predicted molar refractivity (Wildman–Crippen MR) is 101 cm³/mol. The number of hydrogen-bond donors (Lipinski definition) is 1. The maximum atomic E-state index is 6.16. The first-order valence-electron chi connectivity index (χ1n) is 7.55. The van der Waals surface area contributed by atoms with E-state index in [1.165, 1.54) is 38.6 Å². The van der Waals surface area contributed by atoms with E-state index >= 15 is 0 Å². The minimum Gasteiger partial charge on any atom is -0.389 e. The third-order valence-corrected chi connectivity index (χ3v) is 4.89. The summed E-state index contributed by atoms with van der Waals surface area (Å²) in [5.41, 5.74) is 9.39. The molecule has 4 aromatic rings. The Morgan fingerprint density at radius 2 is 1.61 bits per heavy atom.